The molecule has 2 heteroatoms. The van der Waals surface area contributed by atoms with Gasteiger partial charge in [0, 0.05) is 5.54 Å². The number of nitrogens with one attached hydrogen (secondary N) is 1. The number of aryl methyl sites for hydroxylation is 2. The summed E-state index contributed by atoms with van der Waals surface area (Å²) >= 11 is 0. The van der Waals surface area contributed by atoms with Gasteiger partial charge in [0.25, 0.3) is 0 Å². The summed E-state index contributed by atoms with van der Waals surface area (Å²) in [4.78, 5) is 2.32. The van der Waals surface area contributed by atoms with Crippen LogP contribution in [-0.4, -0.2) is 31.6 Å². The van der Waals surface area contributed by atoms with Crippen LogP contribution in [0.5, 0.6) is 0 Å². The van der Waals surface area contributed by atoms with Crippen molar-refractivity contribution in [2.24, 2.45) is 0 Å². The molecule has 2 nitrogen and oxygen atoms in total. The fourth-order valence-corrected chi connectivity index (χ4v) is 2.56. The molecule has 18 heavy (non-hydrogen) atoms. The van der Waals surface area contributed by atoms with Gasteiger partial charge in [-0.15, -0.1) is 0 Å². The largest absolute Gasteiger partial charge is 0.311 e. The fraction of sp³-hybridized carbons (Fsp3) is 0.625. The van der Waals surface area contributed by atoms with E-state index in [1.807, 2.05) is 0 Å². The standard InChI is InChI=1S/C16H28N2/c1-8-16(4,18(6)7)15(17-5)14-10-9-12(2)13(3)11-14/h9-11,15,17H,8H2,1-7H3. The first kappa shape index (κ1) is 15.2. The number of hydrogen-bond donors (Lipinski definition) is 1. The van der Waals surface area contributed by atoms with Gasteiger partial charge in [0.2, 0.25) is 0 Å². The predicted molar refractivity (Wildman–Crippen MR) is 80.1 cm³/mol. The van der Waals surface area contributed by atoms with Crippen LogP contribution in [0.3, 0.4) is 0 Å². The zero-order chi connectivity index (χ0) is 13.9. The van der Waals surface area contributed by atoms with Crippen LogP contribution < -0.4 is 5.32 Å². The molecule has 0 heterocycles. The van der Waals surface area contributed by atoms with Crippen LogP contribution in [0.4, 0.5) is 0 Å². The normalized spacial score (nSPS) is 16.7. The minimum Gasteiger partial charge on any atom is -0.311 e. The molecule has 1 N–H and O–H groups in total. The van der Waals surface area contributed by atoms with Crippen molar-refractivity contribution in [1.29, 1.82) is 0 Å². The van der Waals surface area contributed by atoms with E-state index in [0.29, 0.717) is 6.04 Å². The van der Waals surface area contributed by atoms with E-state index in [4.69, 9.17) is 0 Å². The van der Waals surface area contributed by atoms with Gasteiger partial charge in [-0.2, -0.15) is 0 Å². The van der Waals surface area contributed by atoms with Crippen LogP contribution in [0.1, 0.15) is 43.0 Å². The Balaban J connectivity index is 3.20. The van der Waals surface area contributed by atoms with Crippen molar-refractivity contribution in [3.63, 3.8) is 0 Å². The maximum Gasteiger partial charge on any atom is 0.0501 e. The summed E-state index contributed by atoms with van der Waals surface area (Å²) in [5.74, 6) is 0. The van der Waals surface area contributed by atoms with E-state index in [0.717, 1.165) is 6.42 Å². The average Bonchev–Trinajstić information content (AvgIpc) is 2.33. The molecule has 2 atom stereocenters. The maximum atomic E-state index is 3.50. The summed E-state index contributed by atoms with van der Waals surface area (Å²) in [6.07, 6.45) is 1.11. The van der Waals surface area contributed by atoms with Crippen LogP contribution in [0.2, 0.25) is 0 Å². The number of nitrogens with zero attached hydrogens (tertiary/aromatic N) is 1. The highest BCUT2D eigenvalue weighted by molar-refractivity contribution is 5.33. The van der Waals surface area contributed by atoms with Crippen LogP contribution >= 0.6 is 0 Å². The van der Waals surface area contributed by atoms with Gasteiger partial charge in [0.1, 0.15) is 0 Å². The lowest BCUT2D eigenvalue weighted by Crippen LogP contribution is -2.50. The Bertz CT molecular complexity index is 398. The van der Waals surface area contributed by atoms with E-state index in [1.54, 1.807) is 0 Å². The van der Waals surface area contributed by atoms with Crippen LogP contribution in [0.15, 0.2) is 18.2 Å². The van der Waals surface area contributed by atoms with Gasteiger partial charge in [-0.05, 0) is 65.0 Å². The first-order valence-electron chi connectivity index (χ1n) is 6.78. The van der Waals surface area contributed by atoms with Crippen molar-refractivity contribution in [3.8, 4) is 0 Å². The number of benzene rings is 1. The first-order valence-corrected chi connectivity index (χ1v) is 6.78. The molecule has 0 fully saturated rings. The molecule has 0 saturated carbocycles. The van der Waals surface area contributed by atoms with Crippen molar-refractivity contribution in [3.05, 3.63) is 34.9 Å². The Morgan fingerprint density at radius 3 is 2.22 bits per heavy atom. The Kier molecular flexibility index (Phi) is 4.94. The fourth-order valence-electron chi connectivity index (χ4n) is 2.56. The summed E-state index contributed by atoms with van der Waals surface area (Å²) in [7, 11) is 6.38. The van der Waals surface area contributed by atoms with E-state index in [1.165, 1.54) is 16.7 Å². The van der Waals surface area contributed by atoms with Crippen molar-refractivity contribution >= 4 is 0 Å². The second kappa shape index (κ2) is 5.85. The minimum atomic E-state index is 0.121. The highest BCUT2D eigenvalue weighted by atomic mass is 15.2. The minimum absolute atomic E-state index is 0.121. The predicted octanol–water partition coefficient (Wildman–Crippen LogP) is 3.29. The Morgan fingerprint density at radius 2 is 1.83 bits per heavy atom. The molecule has 1 rings (SSSR count). The molecule has 102 valence electrons. The van der Waals surface area contributed by atoms with Gasteiger partial charge in [-0.25, -0.2) is 0 Å². The summed E-state index contributed by atoms with van der Waals surface area (Å²) < 4.78 is 0. The van der Waals surface area contributed by atoms with Crippen LogP contribution in [0.25, 0.3) is 0 Å². The highest BCUT2D eigenvalue weighted by Gasteiger charge is 2.34. The molecule has 0 saturated heterocycles. The monoisotopic (exact) mass is 248 g/mol. The third-order valence-electron chi connectivity index (χ3n) is 4.51. The smallest absolute Gasteiger partial charge is 0.0501 e. The molecule has 0 aliphatic carbocycles. The molecule has 0 radical (unpaired) electrons. The molecule has 0 aromatic heterocycles. The zero-order valence-electron chi connectivity index (χ0n) is 13.0. The van der Waals surface area contributed by atoms with Gasteiger partial charge in [-0.1, -0.05) is 25.1 Å². The van der Waals surface area contributed by atoms with Crippen molar-refractivity contribution < 1.29 is 0 Å². The quantitative estimate of drug-likeness (QED) is 0.860. The molecule has 1 aromatic carbocycles. The highest BCUT2D eigenvalue weighted by Crippen LogP contribution is 2.33. The summed E-state index contributed by atoms with van der Waals surface area (Å²) in [5.41, 5.74) is 4.22. The second-order valence-electron chi connectivity index (χ2n) is 5.67. The van der Waals surface area contributed by atoms with Crippen molar-refractivity contribution in [2.75, 3.05) is 21.1 Å². The Labute approximate surface area is 112 Å². The zero-order valence-corrected chi connectivity index (χ0v) is 13.0. The molecule has 0 aliphatic rings. The molecular weight excluding hydrogens is 220 g/mol. The molecule has 0 bridgehead atoms. The Morgan fingerprint density at radius 1 is 1.22 bits per heavy atom. The number of hydrogen-bond acceptors (Lipinski definition) is 2. The molecule has 1 aromatic rings. The van der Waals surface area contributed by atoms with Crippen molar-refractivity contribution in [2.45, 2.75) is 45.7 Å². The van der Waals surface area contributed by atoms with Gasteiger partial charge in [-0.3, -0.25) is 0 Å². The topological polar surface area (TPSA) is 15.3 Å². The number of rotatable bonds is 5. The average molecular weight is 248 g/mol. The summed E-state index contributed by atoms with van der Waals surface area (Å²) in [5, 5.41) is 3.50. The van der Waals surface area contributed by atoms with Gasteiger partial charge >= 0.3 is 0 Å². The first-order chi connectivity index (χ1) is 8.36. The van der Waals surface area contributed by atoms with Crippen molar-refractivity contribution in [1.82, 2.24) is 10.2 Å². The van der Waals surface area contributed by atoms with E-state index < -0.39 is 0 Å². The lowest BCUT2D eigenvalue weighted by molar-refractivity contribution is 0.117. The van der Waals surface area contributed by atoms with Crippen LogP contribution in [-0.2, 0) is 0 Å². The molecule has 0 aliphatic heterocycles. The van der Waals surface area contributed by atoms with Crippen LogP contribution in [0, 0.1) is 13.8 Å². The third kappa shape index (κ3) is 2.76. The number of likely N-dealkylation sites (N-methyl/N-ethyl adjacent to an activating group) is 2. The molecule has 0 amide bonds. The van der Waals surface area contributed by atoms with E-state index in [-0.39, 0.29) is 5.54 Å². The lowest BCUT2D eigenvalue weighted by Gasteiger charge is -2.43. The third-order valence-corrected chi connectivity index (χ3v) is 4.51. The van der Waals surface area contributed by atoms with Gasteiger partial charge < -0.3 is 10.2 Å². The Hall–Kier alpha value is -0.860. The van der Waals surface area contributed by atoms with E-state index in [9.17, 15) is 0 Å². The molecule has 0 spiro atoms. The molecular formula is C16H28N2. The SMILES string of the molecule is CCC(C)(C(NC)c1ccc(C)c(C)c1)N(C)C. The lowest BCUT2D eigenvalue weighted by atomic mass is 9.83. The summed E-state index contributed by atoms with van der Waals surface area (Å²) in [6.45, 7) is 8.93. The summed E-state index contributed by atoms with van der Waals surface area (Å²) in [6, 6.07) is 7.13. The molecule has 2 unspecified atom stereocenters. The maximum absolute atomic E-state index is 3.50. The second-order valence-corrected chi connectivity index (χ2v) is 5.67. The van der Waals surface area contributed by atoms with Gasteiger partial charge in [0.05, 0.1) is 6.04 Å². The van der Waals surface area contributed by atoms with E-state index >= 15 is 0 Å². The van der Waals surface area contributed by atoms with Gasteiger partial charge in [0.15, 0.2) is 0 Å². The van der Waals surface area contributed by atoms with E-state index in [2.05, 4.69) is 77.3 Å².